The number of esters is 1. The molecular weight excluding hydrogens is 236 g/mol. The molecule has 0 aromatic carbocycles. The number of anilines is 1. The second-order valence-electron chi connectivity index (χ2n) is 2.73. The standard InChI is InChI=1S/C8H12N2O3S2/c1-13-7(11)6-5-14-8(10-6)9-3-4-15(2)12/h5H,3-4H2,1-2H3,(H,9,10). The molecule has 1 aromatic heterocycles. The maximum absolute atomic E-state index is 11.1. The Morgan fingerprint density at radius 2 is 2.47 bits per heavy atom. The SMILES string of the molecule is COC(=O)c1csc(NCCS(C)=O)n1. The summed E-state index contributed by atoms with van der Waals surface area (Å²) < 4.78 is 15.3. The molecule has 0 spiro atoms. The van der Waals surface area contributed by atoms with Gasteiger partial charge in [0.1, 0.15) is 0 Å². The topological polar surface area (TPSA) is 68.3 Å². The predicted molar refractivity (Wildman–Crippen MR) is 60.9 cm³/mol. The third-order valence-corrected chi connectivity index (χ3v) is 3.14. The van der Waals surface area contributed by atoms with Crippen molar-refractivity contribution in [2.75, 3.05) is 31.0 Å². The molecular formula is C8H12N2O3S2. The van der Waals surface area contributed by atoms with E-state index in [0.29, 0.717) is 23.1 Å². The normalized spacial score (nSPS) is 12.1. The molecule has 1 rings (SSSR count). The van der Waals surface area contributed by atoms with Crippen molar-refractivity contribution in [2.24, 2.45) is 0 Å². The Bertz CT molecular complexity index is 365. The molecule has 0 saturated carbocycles. The van der Waals surface area contributed by atoms with Crippen LogP contribution < -0.4 is 5.32 Å². The van der Waals surface area contributed by atoms with Crippen LogP contribution in [-0.4, -0.2) is 40.8 Å². The van der Waals surface area contributed by atoms with Crippen LogP contribution in [0.25, 0.3) is 0 Å². The highest BCUT2D eigenvalue weighted by Gasteiger charge is 2.09. The molecule has 5 nitrogen and oxygen atoms in total. The first-order valence-corrected chi connectivity index (χ1v) is 6.82. The number of carbonyl (C=O) groups excluding carboxylic acids is 1. The zero-order valence-electron chi connectivity index (χ0n) is 8.48. The lowest BCUT2D eigenvalue weighted by Crippen LogP contribution is -2.10. The van der Waals surface area contributed by atoms with Crippen LogP contribution in [0, 0.1) is 0 Å². The Balaban J connectivity index is 2.46. The molecule has 0 radical (unpaired) electrons. The van der Waals surface area contributed by atoms with Crippen molar-refractivity contribution in [3.63, 3.8) is 0 Å². The lowest BCUT2D eigenvalue weighted by Gasteiger charge is -1.99. The second kappa shape index (κ2) is 5.82. The fourth-order valence-corrected chi connectivity index (χ4v) is 1.95. The molecule has 0 saturated heterocycles. The van der Waals surface area contributed by atoms with E-state index in [2.05, 4.69) is 15.0 Å². The molecule has 1 heterocycles. The number of nitrogens with one attached hydrogen (secondary N) is 1. The van der Waals surface area contributed by atoms with Gasteiger partial charge in [0.2, 0.25) is 0 Å². The predicted octanol–water partition coefficient (Wildman–Crippen LogP) is 0.720. The third-order valence-electron chi connectivity index (χ3n) is 1.56. The zero-order valence-corrected chi connectivity index (χ0v) is 10.1. The molecule has 0 amide bonds. The minimum atomic E-state index is -0.820. The average molecular weight is 248 g/mol. The second-order valence-corrected chi connectivity index (χ2v) is 5.15. The van der Waals surface area contributed by atoms with Gasteiger partial charge < -0.3 is 10.1 Å². The fraction of sp³-hybridized carbons (Fsp3) is 0.500. The van der Waals surface area contributed by atoms with Gasteiger partial charge in [-0.05, 0) is 0 Å². The molecule has 1 N–H and O–H groups in total. The molecule has 15 heavy (non-hydrogen) atoms. The van der Waals surface area contributed by atoms with Crippen molar-refractivity contribution >= 4 is 33.2 Å². The van der Waals surface area contributed by atoms with Crippen molar-refractivity contribution < 1.29 is 13.7 Å². The first kappa shape index (κ1) is 12.1. The summed E-state index contributed by atoms with van der Waals surface area (Å²) in [5, 5.41) is 5.24. The monoisotopic (exact) mass is 248 g/mol. The number of nitrogens with zero attached hydrogens (tertiary/aromatic N) is 1. The quantitative estimate of drug-likeness (QED) is 0.778. The summed E-state index contributed by atoms with van der Waals surface area (Å²) in [6.07, 6.45) is 1.64. The Hall–Kier alpha value is -0.950. The first-order valence-electron chi connectivity index (χ1n) is 4.21. The largest absolute Gasteiger partial charge is 0.464 e. The minimum absolute atomic E-state index is 0.294. The molecule has 0 bridgehead atoms. The maximum Gasteiger partial charge on any atom is 0.357 e. The summed E-state index contributed by atoms with van der Waals surface area (Å²) in [5.74, 6) is 0.117. The van der Waals surface area contributed by atoms with Crippen LogP contribution in [0.3, 0.4) is 0 Å². The van der Waals surface area contributed by atoms with E-state index in [4.69, 9.17) is 0 Å². The Labute approximate surface area is 94.3 Å². The van der Waals surface area contributed by atoms with Gasteiger partial charge in [-0.2, -0.15) is 0 Å². The summed E-state index contributed by atoms with van der Waals surface area (Å²) in [4.78, 5) is 15.1. The Kier molecular flexibility index (Phi) is 4.70. The van der Waals surface area contributed by atoms with E-state index in [0.717, 1.165) is 0 Å². The van der Waals surface area contributed by atoms with Gasteiger partial charge in [0.15, 0.2) is 10.8 Å². The molecule has 84 valence electrons. The van der Waals surface area contributed by atoms with E-state index >= 15 is 0 Å². The molecule has 1 aromatic rings. The number of thiazole rings is 1. The van der Waals surface area contributed by atoms with Crippen molar-refractivity contribution in [2.45, 2.75) is 0 Å². The molecule has 0 aliphatic heterocycles. The molecule has 0 fully saturated rings. The van der Waals surface area contributed by atoms with Crippen molar-refractivity contribution in [3.05, 3.63) is 11.1 Å². The lowest BCUT2D eigenvalue weighted by atomic mass is 10.5. The number of aromatic nitrogens is 1. The van der Waals surface area contributed by atoms with Gasteiger partial charge in [0.25, 0.3) is 0 Å². The van der Waals surface area contributed by atoms with Crippen LogP contribution in [0.1, 0.15) is 10.5 Å². The van der Waals surface area contributed by atoms with E-state index in [9.17, 15) is 9.00 Å². The molecule has 0 aliphatic carbocycles. The molecule has 1 atom stereocenters. The smallest absolute Gasteiger partial charge is 0.357 e. The zero-order chi connectivity index (χ0) is 11.3. The summed E-state index contributed by atoms with van der Waals surface area (Å²) in [6.45, 7) is 0.581. The minimum Gasteiger partial charge on any atom is -0.464 e. The van der Waals surface area contributed by atoms with Gasteiger partial charge in [-0.1, -0.05) is 0 Å². The number of ether oxygens (including phenoxy) is 1. The van der Waals surface area contributed by atoms with E-state index in [-0.39, 0.29) is 0 Å². The highest BCUT2D eigenvalue weighted by atomic mass is 32.2. The number of carbonyl (C=O) groups is 1. The van der Waals surface area contributed by atoms with Crippen molar-refractivity contribution in [3.8, 4) is 0 Å². The van der Waals surface area contributed by atoms with Gasteiger partial charge in [-0.15, -0.1) is 11.3 Å². The van der Waals surface area contributed by atoms with E-state index in [1.54, 1.807) is 11.6 Å². The maximum atomic E-state index is 11.1. The Morgan fingerprint density at radius 1 is 1.73 bits per heavy atom. The van der Waals surface area contributed by atoms with Gasteiger partial charge in [-0.25, -0.2) is 9.78 Å². The molecule has 7 heteroatoms. The van der Waals surface area contributed by atoms with Crippen LogP contribution >= 0.6 is 11.3 Å². The van der Waals surface area contributed by atoms with Gasteiger partial charge in [0, 0.05) is 34.7 Å². The summed E-state index contributed by atoms with van der Waals surface area (Å²) >= 11 is 1.32. The average Bonchev–Trinajstić information content (AvgIpc) is 2.65. The highest BCUT2D eigenvalue weighted by Crippen LogP contribution is 2.15. The number of hydrogen-bond acceptors (Lipinski definition) is 6. The number of methoxy groups -OCH3 is 1. The summed E-state index contributed by atoms with van der Waals surface area (Å²) in [7, 11) is 0.494. The van der Waals surface area contributed by atoms with Crippen molar-refractivity contribution in [1.82, 2.24) is 4.98 Å². The van der Waals surface area contributed by atoms with Crippen LogP contribution in [0.2, 0.25) is 0 Å². The molecule has 1 unspecified atom stereocenters. The van der Waals surface area contributed by atoms with Crippen molar-refractivity contribution in [1.29, 1.82) is 0 Å². The Morgan fingerprint density at radius 3 is 3.07 bits per heavy atom. The van der Waals surface area contributed by atoms with Gasteiger partial charge >= 0.3 is 5.97 Å². The summed E-state index contributed by atoms with van der Waals surface area (Å²) in [6, 6.07) is 0. The lowest BCUT2D eigenvalue weighted by molar-refractivity contribution is 0.0595. The van der Waals surface area contributed by atoms with Gasteiger partial charge in [-0.3, -0.25) is 4.21 Å². The molecule has 0 aliphatic rings. The van der Waals surface area contributed by atoms with E-state index < -0.39 is 16.8 Å². The van der Waals surface area contributed by atoms with Crippen LogP contribution in [0.5, 0.6) is 0 Å². The fourth-order valence-electron chi connectivity index (χ4n) is 0.855. The first-order chi connectivity index (χ1) is 7.13. The van der Waals surface area contributed by atoms with Crippen LogP contribution in [-0.2, 0) is 15.5 Å². The third kappa shape index (κ3) is 3.96. The van der Waals surface area contributed by atoms with Crippen LogP contribution in [0.15, 0.2) is 5.38 Å². The highest BCUT2D eigenvalue weighted by molar-refractivity contribution is 7.84. The van der Waals surface area contributed by atoms with E-state index in [1.807, 2.05) is 0 Å². The van der Waals surface area contributed by atoms with Crippen LogP contribution in [0.4, 0.5) is 5.13 Å². The summed E-state index contributed by atoms with van der Waals surface area (Å²) in [5.41, 5.74) is 0.294. The number of rotatable bonds is 5. The number of hydrogen-bond donors (Lipinski definition) is 1. The van der Waals surface area contributed by atoms with E-state index in [1.165, 1.54) is 18.4 Å². The van der Waals surface area contributed by atoms with Gasteiger partial charge in [0.05, 0.1) is 7.11 Å².